The van der Waals surface area contributed by atoms with Gasteiger partial charge in [-0.3, -0.25) is 9.78 Å². The van der Waals surface area contributed by atoms with Crippen LogP contribution >= 0.6 is 0 Å². The fraction of sp³-hybridized carbons (Fsp3) is 0.571. The Hall–Kier alpha value is -1.62. The number of aromatic nitrogens is 1. The van der Waals surface area contributed by atoms with Gasteiger partial charge in [0.2, 0.25) is 0 Å². The topological polar surface area (TPSA) is 63.2 Å². The highest BCUT2D eigenvalue weighted by Gasteiger charge is 2.02. The molecule has 0 unspecified atom stereocenters. The van der Waals surface area contributed by atoms with Gasteiger partial charge in [-0.2, -0.15) is 0 Å². The Morgan fingerprint density at radius 3 is 2.84 bits per heavy atom. The number of hydrogen-bond donors (Lipinski definition) is 2. The van der Waals surface area contributed by atoms with E-state index in [0.717, 1.165) is 31.6 Å². The largest absolute Gasteiger partial charge is 0.482 e. The van der Waals surface area contributed by atoms with Crippen LogP contribution in [0.15, 0.2) is 18.3 Å². The van der Waals surface area contributed by atoms with Crippen LogP contribution in [-0.4, -0.2) is 30.6 Å². The predicted molar refractivity (Wildman–Crippen MR) is 75.0 cm³/mol. The molecule has 0 saturated heterocycles. The Morgan fingerprint density at radius 2 is 2.21 bits per heavy atom. The number of nitrogens with one attached hydrogen (secondary N) is 2. The molecule has 1 amide bonds. The molecule has 106 valence electrons. The van der Waals surface area contributed by atoms with Gasteiger partial charge in [0.05, 0.1) is 11.9 Å². The molecular formula is C14H23N3O2. The van der Waals surface area contributed by atoms with Crippen molar-refractivity contribution in [1.29, 1.82) is 0 Å². The highest BCUT2D eigenvalue weighted by Crippen LogP contribution is 2.08. The third kappa shape index (κ3) is 6.76. The third-order valence-electron chi connectivity index (χ3n) is 2.58. The van der Waals surface area contributed by atoms with Crippen molar-refractivity contribution in [3.05, 3.63) is 24.0 Å². The van der Waals surface area contributed by atoms with Crippen molar-refractivity contribution in [2.75, 3.05) is 19.7 Å². The van der Waals surface area contributed by atoms with E-state index >= 15 is 0 Å². The summed E-state index contributed by atoms with van der Waals surface area (Å²) < 4.78 is 5.36. The van der Waals surface area contributed by atoms with E-state index in [2.05, 4.69) is 29.5 Å². The van der Waals surface area contributed by atoms with Crippen LogP contribution in [0.1, 0.15) is 32.4 Å². The van der Waals surface area contributed by atoms with Crippen LogP contribution in [0.2, 0.25) is 0 Å². The molecule has 0 aliphatic heterocycles. The molecule has 0 aliphatic carbocycles. The molecule has 5 heteroatoms. The first-order chi connectivity index (χ1) is 9.26. The second-order valence-electron chi connectivity index (χ2n) is 4.26. The number of amides is 1. The summed E-state index contributed by atoms with van der Waals surface area (Å²) in [5.41, 5.74) is 0.960. The first-order valence-electron chi connectivity index (χ1n) is 6.81. The van der Waals surface area contributed by atoms with E-state index in [1.165, 1.54) is 0 Å². The minimum Gasteiger partial charge on any atom is -0.482 e. The highest BCUT2D eigenvalue weighted by atomic mass is 16.5. The number of ether oxygens (including phenoxy) is 1. The van der Waals surface area contributed by atoms with E-state index in [1.54, 1.807) is 6.20 Å². The Balaban J connectivity index is 2.27. The maximum Gasteiger partial charge on any atom is 0.257 e. The quantitative estimate of drug-likeness (QED) is 0.664. The molecule has 0 radical (unpaired) electrons. The average molecular weight is 265 g/mol. The second kappa shape index (κ2) is 9.33. The second-order valence-corrected chi connectivity index (χ2v) is 4.26. The van der Waals surface area contributed by atoms with Gasteiger partial charge in [0.1, 0.15) is 5.75 Å². The summed E-state index contributed by atoms with van der Waals surface area (Å²) in [6, 6.07) is 3.73. The summed E-state index contributed by atoms with van der Waals surface area (Å²) in [6.07, 6.45) is 3.71. The molecule has 1 aromatic heterocycles. The number of nitrogens with zero attached hydrogens (tertiary/aromatic N) is 1. The van der Waals surface area contributed by atoms with Crippen molar-refractivity contribution in [2.45, 2.75) is 33.2 Å². The lowest BCUT2D eigenvalue weighted by Crippen LogP contribution is -2.29. The third-order valence-corrected chi connectivity index (χ3v) is 2.58. The van der Waals surface area contributed by atoms with Crippen molar-refractivity contribution >= 4 is 5.91 Å². The summed E-state index contributed by atoms with van der Waals surface area (Å²) in [5.74, 6) is 0.524. The standard InChI is InChI=1S/C14H23N3O2/c1-3-5-8-16-14(18)11-19-13-7-6-12(17-10-13)9-15-4-2/h6-7,10,15H,3-5,8-9,11H2,1-2H3,(H,16,18). The van der Waals surface area contributed by atoms with Crippen molar-refractivity contribution < 1.29 is 9.53 Å². The number of pyridine rings is 1. The van der Waals surface area contributed by atoms with Gasteiger partial charge in [-0.25, -0.2) is 0 Å². The van der Waals surface area contributed by atoms with Crippen LogP contribution in [0.25, 0.3) is 0 Å². The molecule has 0 bridgehead atoms. The van der Waals surface area contributed by atoms with Gasteiger partial charge in [-0.05, 0) is 25.1 Å². The van der Waals surface area contributed by atoms with E-state index < -0.39 is 0 Å². The van der Waals surface area contributed by atoms with Gasteiger partial charge in [-0.1, -0.05) is 20.3 Å². The molecule has 0 atom stereocenters. The molecule has 19 heavy (non-hydrogen) atoms. The maximum atomic E-state index is 11.4. The molecule has 2 N–H and O–H groups in total. The van der Waals surface area contributed by atoms with Crippen molar-refractivity contribution in [3.8, 4) is 5.75 Å². The van der Waals surface area contributed by atoms with Crippen LogP contribution in [0.5, 0.6) is 5.75 Å². The van der Waals surface area contributed by atoms with Crippen molar-refractivity contribution in [3.63, 3.8) is 0 Å². The molecule has 1 heterocycles. The molecule has 0 saturated carbocycles. The molecule has 0 aliphatic rings. The van der Waals surface area contributed by atoms with Gasteiger partial charge in [0, 0.05) is 13.1 Å². The van der Waals surface area contributed by atoms with E-state index in [4.69, 9.17) is 4.74 Å². The van der Waals surface area contributed by atoms with Gasteiger partial charge in [0.25, 0.3) is 5.91 Å². The van der Waals surface area contributed by atoms with Gasteiger partial charge in [0.15, 0.2) is 6.61 Å². The summed E-state index contributed by atoms with van der Waals surface area (Å²) >= 11 is 0. The van der Waals surface area contributed by atoms with Crippen LogP contribution < -0.4 is 15.4 Å². The minimum atomic E-state index is -0.0924. The zero-order chi connectivity index (χ0) is 13.9. The van der Waals surface area contributed by atoms with E-state index in [0.29, 0.717) is 12.3 Å². The molecule has 0 fully saturated rings. The summed E-state index contributed by atoms with van der Waals surface area (Å²) in [5, 5.41) is 5.99. The first kappa shape index (κ1) is 15.4. The van der Waals surface area contributed by atoms with Crippen LogP contribution in [0.4, 0.5) is 0 Å². The molecule has 0 spiro atoms. The van der Waals surface area contributed by atoms with Crippen LogP contribution in [0, 0.1) is 0 Å². The molecule has 5 nitrogen and oxygen atoms in total. The molecule has 1 rings (SSSR count). The molecule has 1 aromatic rings. The zero-order valence-electron chi connectivity index (χ0n) is 11.7. The van der Waals surface area contributed by atoms with Gasteiger partial charge in [-0.15, -0.1) is 0 Å². The summed E-state index contributed by atoms with van der Waals surface area (Å²) in [4.78, 5) is 15.7. The number of hydrogen-bond acceptors (Lipinski definition) is 4. The van der Waals surface area contributed by atoms with Crippen molar-refractivity contribution in [1.82, 2.24) is 15.6 Å². The molecule has 0 aromatic carbocycles. The minimum absolute atomic E-state index is 0.0396. The van der Waals surface area contributed by atoms with Crippen LogP contribution in [0.3, 0.4) is 0 Å². The van der Waals surface area contributed by atoms with E-state index in [9.17, 15) is 4.79 Å². The summed E-state index contributed by atoms with van der Waals surface area (Å²) in [7, 11) is 0. The summed E-state index contributed by atoms with van der Waals surface area (Å²) in [6.45, 7) is 6.54. The monoisotopic (exact) mass is 265 g/mol. The fourth-order valence-electron chi connectivity index (χ4n) is 1.46. The van der Waals surface area contributed by atoms with Gasteiger partial charge >= 0.3 is 0 Å². The highest BCUT2D eigenvalue weighted by molar-refractivity contribution is 5.77. The fourth-order valence-corrected chi connectivity index (χ4v) is 1.46. The predicted octanol–water partition coefficient (Wildman–Crippen LogP) is 1.49. The number of rotatable bonds is 9. The lowest BCUT2D eigenvalue weighted by molar-refractivity contribution is -0.123. The smallest absolute Gasteiger partial charge is 0.257 e. The Labute approximate surface area is 114 Å². The Morgan fingerprint density at radius 1 is 1.37 bits per heavy atom. The lowest BCUT2D eigenvalue weighted by Gasteiger charge is -2.07. The maximum absolute atomic E-state index is 11.4. The van der Waals surface area contributed by atoms with Crippen molar-refractivity contribution in [2.24, 2.45) is 0 Å². The van der Waals surface area contributed by atoms with E-state index in [1.807, 2.05) is 12.1 Å². The SMILES string of the molecule is CCCCNC(=O)COc1ccc(CNCC)nc1. The van der Waals surface area contributed by atoms with Gasteiger partial charge < -0.3 is 15.4 Å². The number of carbonyl (C=O) groups is 1. The number of carbonyl (C=O) groups excluding carboxylic acids is 1. The first-order valence-corrected chi connectivity index (χ1v) is 6.81. The normalized spacial score (nSPS) is 10.2. The zero-order valence-corrected chi connectivity index (χ0v) is 11.7. The molecular weight excluding hydrogens is 242 g/mol. The Kier molecular flexibility index (Phi) is 7.58. The lowest BCUT2D eigenvalue weighted by atomic mass is 10.3. The van der Waals surface area contributed by atoms with Crippen LogP contribution in [-0.2, 0) is 11.3 Å². The number of unbranched alkanes of at least 4 members (excludes halogenated alkanes) is 1. The Bertz CT molecular complexity index is 365. The van der Waals surface area contributed by atoms with E-state index in [-0.39, 0.29) is 12.5 Å². The average Bonchev–Trinajstić information content (AvgIpc) is 2.44.